The Morgan fingerprint density at radius 1 is 0.875 bits per heavy atom. The predicted molar refractivity (Wildman–Crippen MR) is 111 cm³/mol. The molecule has 2 atom stereocenters. The molecule has 0 radical (unpaired) electrons. The molecule has 0 unspecified atom stereocenters. The zero-order valence-corrected chi connectivity index (χ0v) is 17.1. The van der Waals surface area contributed by atoms with E-state index >= 15 is 0 Å². The van der Waals surface area contributed by atoms with Gasteiger partial charge in [-0.15, -0.1) is 0 Å². The summed E-state index contributed by atoms with van der Waals surface area (Å²) >= 11 is 0. The summed E-state index contributed by atoms with van der Waals surface area (Å²) in [6.07, 6.45) is -2.03. The number of methoxy groups -OCH3 is 1. The fourth-order valence-electron chi connectivity index (χ4n) is 2.73. The summed E-state index contributed by atoms with van der Waals surface area (Å²) in [7, 11) is 1.14. The first-order valence-corrected chi connectivity index (χ1v) is 9.51. The number of amides is 2. The van der Waals surface area contributed by atoms with Crippen molar-refractivity contribution in [2.24, 2.45) is 0 Å². The third-order valence-corrected chi connectivity index (χ3v) is 4.27. The second kappa shape index (κ2) is 11.8. The number of alkyl carbamates (subject to hydrolysis) is 1. The van der Waals surface area contributed by atoms with E-state index in [4.69, 9.17) is 9.84 Å². The molecule has 0 saturated carbocycles. The van der Waals surface area contributed by atoms with Crippen LogP contribution >= 0.6 is 0 Å². The van der Waals surface area contributed by atoms with E-state index in [2.05, 4.69) is 10.1 Å². The number of carbonyl (C=O) groups excluding carboxylic acids is 4. The lowest BCUT2D eigenvalue weighted by Gasteiger charge is -2.21. The summed E-state index contributed by atoms with van der Waals surface area (Å²) in [6, 6.07) is 13.7. The summed E-state index contributed by atoms with van der Waals surface area (Å²) in [6.45, 7) is 0. The third-order valence-electron chi connectivity index (χ3n) is 4.27. The molecule has 0 saturated heterocycles. The van der Waals surface area contributed by atoms with Gasteiger partial charge in [-0.05, 0) is 17.7 Å². The number of hydrogen-bond acceptors (Lipinski definition) is 7. The summed E-state index contributed by atoms with van der Waals surface area (Å²) in [5.74, 6) is -4.08. The maximum atomic E-state index is 12.7. The van der Waals surface area contributed by atoms with E-state index in [9.17, 15) is 24.0 Å². The molecule has 0 aliphatic rings. The first-order valence-electron chi connectivity index (χ1n) is 9.51. The second-order valence-corrected chi connectivity index (χ2v) is 6.61. The van der Waals surface area contributed by atoms with Crippen LogP contribution < -0.4 is 10.6 Å². The van der Waals surface area contributed by atoms with E-state index in [-0.39, 0.29) is 12.0 Å². The standard InChI is InChI=1S/C22H22N2O8/c1-31-21(29)17(12-14-8-4-2-5-9-14)23-19(27)16(13-18(25)26)24-22(30)32-20(28)15-10-6-3-7-11-15/h2-11,16-17H,12-13H2,1H3,(H,23,27)(H,24,30)(H,25,26)/t16-,17-/m0/s1. The maximum absolute atomic E-state index is 12.7. The highest BCUT2D eigenvalue weighted by Gasteiger charge is 2.30. The molecule has 0 aromatic heterocycles. The van der Waals surface area contributed by atoms with E-state index in [1.807, 2.05) is 5.32 Å². The molecule has 168 valence electrons. The Bertz CT molecular complexity index is 962. The molecule has 2 amide bonds. The first kappa shape index (κ1) is 24.1. The average molecular weight is 442 g/mol. The highest BCUT2D eigenvalue weighted by Crippen LogP contribution is 2.06. The van der Waals surface area contributed by atoms with Gasteiger partial charge in [0, 0.05) is 6.42 Å². The molecule has 0 spiro atoms. The van der Waals surface area contributed by atoms with Crippen LogP contribution in [0.5, 0.6) is 0 Å². The number of esters is 2. The Labute approximate surface area is 183 Å². The number of aliphatic carboxylic acids is 1. The third kappa shape index (κ3) is 7.56. The van der Waals surface area contributed by atoms with Gasteiger partial charge in [-0.2, -0.15) is 0 Å². The fourth-order valence-corrected chi connectivity index (χ4v) is 2.73. The van der Waals surface area contributed by atoms with Crippen LogP contribution in [-0.4, -0.2) is 54.2 Å². The van der Waals surface area contributed by atoms with Gasteiger partial charge >= 0.3 is 24.0 Å². The Balaban J connectivity index is 2.07. The van der Waals surface area contributed by atoms with Gasteiger partial charge in [-0.1, -0.05) is 48.5 Å². The van der Waals surface area contributed by atoms with E-state index in [1.165, 1.54) is 12.1 Å². The summed E-state index contributed by atoms with van der Waals surface area (Å²) in [5, 5.41) is 13.5. The van der Waals surface area contributed by atoms with Crippen LogP contribution in [0.15, 0.2) is 60.7 Å². The number of benzene rings is 2. The molecule has 2 aromatic rings. The molecule has 32 heavy (non-hydrogen) atoms. The Kier molecular flexibility index (Phi) is 8.91. The van der Waals surface area contributed by atoms with E-state index < -0.39 is 48.4 Å². The number of carboxylic acids is 1. The van der Waals surface area contributed by atoms with Crippen LogP contribution in [0.4, 0.5) is 4.79 Å². The van der Waals surface area contributed by atoms with Gasteiger partial charge in [-0.25, -0.2) is 14.4 Å². The van der Waals surface area contributed by atoms with Crippen molar-refractivity contribution in [2.45, 2.75) is 24.9 Å². The molecular weight excluding hydrogens is 420 g/mol. The van der Waals surface area contributed by atoms with Crippen LogP contribution in [0.3, 0.4) is 0 Å². The molecule has 0 aliphatic carbocycles. The van der Waals surface area contributed by atoms with Crippen molar-refractivity contribution in [3.63, 3.8) is 0 Å². The summed E-state index contributed by atoms with van der Waals surface area (Å²) < 4.78 is 9.32. The monoisotopic (exact) mass is 442 g/mol. The molecule has 0 bridgehead atoms. The molecule has 10 heteroatoms. The minimum absolute atomic E-state index is 0.0793. The zero-order chi connectivity index (χ0) is 23.5. The zero-order valence-electron chi connectivity index (χ0n) is 17.1. The lowest BCUT2D eigenvalue weighted by atomic mass is 10.1. The topological polar surface area (TPSA) is 148 Å². The van der Waals surface area contributed by atoms with Crippen molar-refractivity contribution >= 4 is 29.9 Å². The van der Waals surface area contributed by atoms with Gasteiger partial charge in [0.1, 0.15) is 12.1 Å². The van der Waals surface area contributed by atoms with Crippen molar-refractivity contribution in [1.29, 1.82) is 0 Å². The van der Waals surface area contributed by atoms with Crippen molar-refractivity contribution in [3.8, 4) is 0 Å². The number of rotatable bonds is 9. The van der Waals surface area contributed by atoms with Gasteiger partial charge in [0.25, 0.3) is 0 Å². The Morgan fingerprint density at radius 3 is 2.03 bits per heavy atom. The van der Waals surface area contributed by atoms with Crippen LogP contribution in [0.2, 0.25) is 0 Å². The molecule has 2 rings (SSSR count). The second-order valence-electron chi connectivity index (χ2n) is 6.61. The Hall–Kier alpha value is -4.21. The fraction of sp³-hybridized carbons (Fsp3) is 0.227. The van der Waals surface area contributed by atoms with E-state index in [0.717, 1.165) is 12.7 Å². The quantitative estimate of drug-likeness (QED) is 0.389. The van der Waals surface area contributed by atoms with Crippen LogP contribution in [-0.2, 0) is 30.3 Å². The van der Waals surface area contributed by atoms with Gasteiger partial charge < -0.3 is 25.2 Å². The van der Waals surface area contributed by atoms with Crippen molar-refractivity contribution < 1.29 is 38.6 Å². The van der Waals surface area contributed by atoms with Crippen LogP contribution in [0.25, 0.3) is 0 Å². The van der Waals surface area contributed by atoms with Gasteiger partial charge in [0.05, 0.1) is 19.1 Å². The minimum Gasteiger partial charge on any atom is -0.481 e. The van der Waals surface area contributed by atoms with Gasteiger partial charge in [0.15, 0.2) is 0 Å². The Morgan fingerprint density at radius 2 is 1.47 bits per heavy atom. The number of nitrogens with one attached hydrogen (secondary N) is 2. The lowest BCUT2D eigenvalue weighted by molar-refractivity contribution is -0.145. The maximum Gasteiger partial charge on any atom is 0.415 e. The molecular formula is C22H22N2O8. The number of hydrogen-bond donors (Lipinski definition) is 3. The highest BCUT2D eigenvalue weighted by atomic mass is 16.6. The molecule has 2 aromatic carbocycles. The molecule has 0 aliphatic heterocycles. The first-order chi connectivity index (χ1) is 15.3. The number of carboxylic acid groups (broad SMARTS) is 1. The number of ether oxygens (including phenoxy) is 2. The van der Waals surface area contributed by atoms with Crippen molar-refractivity contribution in [3.05, 3.63) is 71.8 Å². The SMILES string of the molecule is COC(=O)[C@H](Cc1ccccc1)NC(=O)[C@H](CC(=O)O)NC(=O)OC(=O)c1ccccc1. The lowest BCUT2D eigenvalue weighted by Crippen LogP contribution is -2.53. The smallest absolute Gasteiger partial charge is 0.415 e. The highest BCUT2D eigenvalue weighted by molar-refractivity contribution is 5.98. The van der Waals surface area contributed by atoms with Crippen molar-refractivity contribution in [2.75, 3.05) is 7.11 Å². The molecule has 0 heterocycles. The minimum atomic E-state index is -1.61. The van der Waals surface area contributed by atoms with Crippen molar-refractivity contribution in [1.82, 2.24) is 10.6 Å². The summed E-state index contributed by atoms with van der Waals surface area (Å²) in [5.41, 5.74) is 0.814. The molecule has 3 N–H and O–H groups in total. The predicted octanol–water partition coefficient (Wildman–Crippen LogP) is 1.30. The molecule has 0 fully saturated rings. The van der Waals surface area contributed by atoms with Gasteiger partial charge in [0.2, 0.25) is 5.91 Å². The van der Waals surface area contributed by atoms with E-state index in [0.29, 0.717) is 0 Å². The van der Waals surface area contributed by atoms with E-state index in [1.54, 1.807) is 48.5 Å². The summed E-state index contributed by atoms with van der Waals surface area (Å²) in [4.78, 5) is 60.0. The normalized spacial score (nSPS) is 12.0. The number of carbonyl (C=O) groups is 5. The van der Waals surface area contributed by atoms with Crippen LogP contribution in [0.1, 0.15) is 22.3 Å². The average Bonchev–Trinajstić information content (AvgIpc) is 2.78. The van der Waals surface area contributed by atoms with Crippen LogP contribution in [0, 0.1) is 0 Å². The largest absolute Gasteiger partial charge is 0.481 e. The molecule has 10 nitrogen and oxygen atoms in total. The van der Waals surface area contributed by atoms with Gasteiger partial charge in [-0.3, -0.25) is 9.59 Å².